The first-order valence-corrected chi connectivity index (χ1v) is 6.40. The van der Waals surface area contributed by atoms with Crippen molar-refractivity contribution in [3.8, 4) is 0 Å². The van der Waals surface area contributed by atoms with Crippen molar-refractivity contribution < 1.29 is 37.0 Å². The number of alkyl carbamates (subject to hydrolysis) is 1. The molecule has 1 unspecified atom stereocenters. The van der Waals surface area contributed by atoms with Gasteiger partial charge in [-0.25, -0.2) is 14.0 Å². The molecule has 2 N–H and O–H groups in total. The zero-order valence-electron chi connectivity index (χ0n) is 12.5. The van der Waals surface area contributed by atoms with Gasteiger partial charge in [0.2, 0.25) is 0 Å². The van der Waals surface area contributed by atoms with Gasteiger partial charge in [0.25, 0.3) is 0 Å². The molecule has 0 aliphatic carbocycles. The molecule has 0 heterocycles. The van der Waals surface area contributed by atoms with Crippen LogP contribution in [0.3, 0.4) is 0 Å². The molecule has 128 valence electrons. The molecule has 0 bridgehead atoms. The van der Waals surface area contributed by atoms with E-state index in [0.29, 0.717) is 12.1 Å². The first-order chi connectivity index (χ1) is 10.3. The van der Waals surface area contributed by atoms with Gasteiger partial charge < -0.3 is 15.2 Å². The normalized spacial score (nSPS) is 13.3. The van der Waals surface area contributed by atoms with Crippen molar-refractivity contribution in [3.63, 3.8) is 0 Å². The van der Waals surface area contributed by atoms with Crippen LogP contribution in [0.4, 0.5) is 22.4 Å². The molecule has 1 atom stereocenters. The summed E-state index contributed by atoms with van der Waals surface area (Å²) in [6.45, 7) is 4.50. The van der Waals surface area contributed by atoms with Crippen LogP contribution in [-0.4, -0.2) is 22.8 Å². The summed E-state index contributed by atoms with van der Waals surface area (Å²) in [4.78, 5) is 22.9. The van der Waals surface area contributed by atoms with Crippen LogP contribution in [0, 0.1) is 5.82 Å². The molecule has 0 saturated heterocycles. The van der Waals surface area contributed by atoms with Crippen LogP contribution in [0.1, 0.15) is 37.9 Å². The molecular formula is C14H15F4NO4. The number of hydrogen-bond acceptors (Lipinski definition) is 3. The maximum absolute atomic E-state index is 13.1. The van der Waals surface area contributed by atoms with Gasteiger partial charge in [-0.05, 0) is 38.5 Å². The van der Waals surface area contributed by atoms with Crippen molar-refractivity contribution in [1.29, 1.82) is 0 Å². The minimum absolute atomic E-state index is 0.169. The molecular weight excluding hydrogens is 322 g/mol. The fraction of sp³-hybridized carbons (Fsp3) is 0.429. The van der Waals surface area contributed by atoms with E-state index in [4.69, 9.17) is 9.84 Å². The first kappa shape index (κ1) is 18.7. The number of benzene rings is 1. The SMILES string of the molecule is CC(C)(C)OC(=O)NC(C(=O)O)c1ccc(F)cc1C(F)(F)F. The van der Waals surface area contributed by atoms with Gasteiger partial charge in [0.05, 0.1) is 5.56 Å². The number of alkyl halides is 3. The molecule has 1 aromatic rings. The zero-order valence-corrected chi connectivity index (χ0v) is 12.5. The van der Waals surface area contributed by atoms with E-state index < -0.39 is 46.8 Å². The van der Waals surface area contributed by atoms with Gasteiger partial charge in [0.1, 0.15) is 11.4 Å². The predicted octanol–water partition coefficient (Wildman–Crippen LogP) is 3.49. The summed E-state index contributed by atoms with van der Waals surface area (Å²) < 4.78 is 56.8. The monoisotopic (exact) mass is 337 g/mol. The summed E-state index contributed by atoms with van der Waals surface area (Å²) in [5.74, 6) is -2.92. The number of rotatable bonds is 3. The van der Waals surface area contributed by atoms with Gasteiger partial charge in [-0.1, -0.05) is 6.07 Å². The van der Waals surface area contributed by atoms with Crippen molar-refractivity contribution in [3.05, 3.63) is 35.1 Å². The summed E-state index contributed by atoms with van der Waals surface area (Å²) >= 11 is 0. The largest absolute Gasteiger partial charge is 0.479 e. The highest BCUT2D eigenvalue weighted by molar-refractivity contribution is 5.82. The van der Waals surface area contributed by atoms with Crippen LogP contribution < -0.4 is 5.32 Å². The Morgan fingerprint density at radius 2 is 1.78 bits per heavy atom. The maximum atomic E-state index is 13.1. The molecule has 0 spiro atoms. The summed E-state index contributed by atoms with van der Waals surface area (Å²) in [6.07, 6.45) is -6.19. The lowest BCUT2D eigenvalue weighted by Gasteiger charge is -2.23. The third-order valence-electron chi connectivity index (χ3n) is 2.54. The second-order valence-electron chi connectivity index (χ2n) is 5.65. The van der Waals surface area contributed by atoms with E-state index in [1.165, 1.54) is 20.8 Å². The van der Waals surface area contributed by atoms with Crippen molar-refractivity contribution in [2.45, 2.75) is 38.6 Å². The standard InChI is InChI=1S/C14H15F4NO4/c1-13(2,3)23-12(22)19-10(11(20)21)8-5-4-7(15)6-9(8)14(16,17)18/h4-6,10H,1-3H3,(H,19,22)(H,20,21). The van der Waals surface area contributed by atoms with Gasteiger partial charge >= 0.3 is 18.2 Å². The molecule has 23 heavy (non-hydrogen) atoms. The third-order valence-corrected chi connectivity index (χ3v) is 2.54. The fourth-order valence-electron chi connectivity index (χ4n) is 1.72. The number of nitrogens with one attached hydrogen (secondary N) is 1. The molecule has 0 fully saturated rings. The Labute approximate surface area is 129 Å². The summed E-state index contributed by atoms with van der Waals surface area (Å²) in [5, 5.41) is 10.9. The van der Waals surface area contributed by atoms with Crippen molar-refractivity contribution >= 4 is 12.1 Å². The maximum Gasteiger partial charge on any atom is 0.416 e. The van der Waals surface area contributed by atoms with Crippen molar-refractivity contribution in [2.24, 2.45) is 0 Å². The average Bonchev–Trinajstić information content (AvgIpc) is 2.32. The summed E-state index contributed by atoms with van der Waals surface area (Å²) in [6, 6.07) is -0.532. The molecule has 0 radical (unpaired) electrons. The highest BCUT2D eigenvalue weighted by Crippen LogP contribution is 2.35. The lowest BCUT2D eigenvalue weighted by Crippen LogP contribution is -2.38. The van der Waals surface area contributed by atoms with Gasteiger partial charge in [0, 0.05) is 0 Å². The van der Waals surface area contributed by atoms with Crippen LogP contribution >= 0.6 is 0 Å². The highest BCUT2D eigenvalue weighted by Gasteiger charge is 2.38. The number of ether oxygens (including phenoxy) is 1. The molecule has 5 nitrogen and oxygen atoms in total. The number of hydrogen-bond donors (Lipinski definition) is 2. The van der Waals surface area contributed by atoms with E-state index in [1.54, 1.807) is 0 Å². The molecule has 1 aromatic carbocycles. The van der Waals surface area contributed by atoms with Crippen LogP contribution in [0.25, 0.3) is 0 Å². The first-order valence-electron chi connectivity index (χ1n) is 6.40. The van der Waals surface area contributed by atoms with Gasteiger partial charge in [0.15, 0.2) is 6.04 Å². The number of carbonyl (C=O) groups is 2. The molecule has 0 aliphatic heterocycles. The topological polar surface area (TPSA) is 75.6 Å². The third kappa shape index (κ3) is 5.42. The smallest absolute Gasteiger partial charge is 0.416 e. The van der Waals surface area contributed by atoms with E-state index in [2.05, 4.69) is 0 Å². The Hall–Kier alpha value is -2.32. The van der Waals surface area contributed by atoms with Crippen molar-refractivity contribution in [1.82, 2.24) is 5.32 Å². The van der Waals surface area contributed by atoms with Gasteiger partial charge in [-0.2, -0.15) is 13.2 Å². The Bertz CT molecular complexity index is 608. The second kappa shape index (κ2) is 6.43. The molecule has 0 saturated carbocycles. The summed E-state index contributed by atoms with van der Waals surface area (Å²) in [7, 11) is 0. The van der Waals surface area contributed by atoms with Gasteiger partial charge in [-0.15, -0.1) is 0 Å². The lowest BCUT2D eigenvalue weighted by atomic mass is 9.99. The van der Waals surface area contributed by atoms with Crippen molar-refractivity contribution in [2.75, 3.05) is 0 Å². The molecule has 9 heteroatoms. The Kier molecular flexibility index (Phi) is 5.24. The Balaban J connectivity index is 3.22. The van der Waals surface area contributed by atoms with Crippen LogP contribution in [0.15, 0.2) is 18.2 Å². The highest BCUT2D eigenvalue weighted by atomic mass is 19.4. The number of amides is 1. The molecule has 0 aliphatic rings. The lowest BCUT2D eigenvalue weighted by molar-refractivity contribution is -0.142. The number of aliphatic carboxylic acids is 1. The minimum Gasteiger partial charge on any atom is -0.479 e. The van der Waals surface area contributed by atoms with Crippen LogP contribution in [0.2, 0.25) is 0 Å². The van der Waals surface area contributed by atoms with E-state index in [9.17, 15) is 27.2 Å². The molecule has 1 rings (SSSR count). The van der Waals surface area contributed by atoms with E-state index in [0.717, 1.165) is 0 Å². The van der Waals surface area contributed by atoms with Crippen LogP contribution in [-0.2, 0) is 15.7 Å². The van der Waals surface area contributed by atoms with E-state index in [-0.39, 0.29) is 6.07 Å². The number of carboxylic acids is 1. The minimum atomic E-state index is -4.99. The molecule has 0 aromatic heterocycles. The van der Waals surface area contributed by atoms with E-state index >= 15 is 0 Å². The number of halogens is 4. The van der Waals surface area contributed by atoms with E-state index in [1.807, 2.05) is 5.32 Å². The molecule has 1 amide bonds. The average molecular weight is 337 g/mol. The number of carbonyl (C=O) groups excluding carboxylic acids is 1. The number of carboxylic acid groups (broad SMARTS) is 1. The predicted molar refractivity (Wildman–Crippen MR) is 71.1 cm³/mol. The Morgan fingerprint density at radius 1 is 1.22 bits per heavy atom. The van der Waals surface area contributed by atoms with Crippen LogP contribution in [0.5, 0.6) is 0 Å². The van der Waals surface area contributed by atoms with Gasteiger partial charge in [-0.3, -0.25) is 0 Å². The second-order valence-corrected chi connectivity index (χ2v) is 5.65. The summed E-state index contributed by atoms with van der Waals surface area (Å²) in [5.41, 5.74) is -3.25. The zero-order chi connectivity index (χ0) is 18.0. The Morgan fingerprint density at radius 3 is 2.22 bits per heavy atom. The fourth-order valence-corrected chi connectivity index (χ4v) is 1.72. The quantitative estimate of drug-likeness (QED) is 0.828.